The average molecular weight is 307 g/mol. The highest BCUT2D eigenvalue weighted by Gasteiger charge is 2.09. The Morgan fingerprint density at radius 1 is 1.38 bits per heavy atom. The van der Waals surface area contributed by atoms with Gasteiger partial charge in [0.25, 0.3) is 0 Å². The number of aromatic nitrogens is 2. The molecule has 2 N–H and O–H groups in total. The first-order valence-corrected chi connectivity index (χ1v) is 7.61. The zero-order chi connectivity index (χ0) is 15.4. The Balaban J connectivity index is 1.95. The quantitative estimate of drug-likeness (QED) is 0.841. The average Bonchev–Trinajstić information content (AvgIpc) is 2.72. The van der Waals surface area contributed by atoms with Crippen molar-refractivity contribution in [1.29, 1.82) is 0 Å². The number of benzene rings is 1. The predicted molar refractivity (Wildman–Crippen MR) is 82.3 cm³/mol. The van der Waals surface area contributed by atoms with Crippen molar-refractivity contribution in [3.8, 4) is 0 Å². The topological polar surface area (TPSA) is 84.2 Å². The molecule has 1 amide bonds. The zero-order valence-electron chi connectivity index (χ0n) is 11.9. The lowest BCUT2D eigenvalue weighted by atomic mass is 10.2. The summed E-state index contributed by atoms with van der Waals surface area (Å²) in [4.78, 5) is 26.5. The zero-order valence-corrected chi connectivity index (χ0v) is 12.7. The van der Waals surface area contributed by atoms with Gasteiger partial charge in [-0.05, 0) is 24.6 Å². The maximum Gasteiger partial charge on any atom is 0.313 e. The molecule has 2 rings (SSSR count). The third kappa shape index (κ3) is 3.98. The molecule has 0 atom stereocenters. The van der Waals surface area contributed by atoms with Gasteiger partial charge in [-0.2, -0.15) is 0 Å². The fourth-order valence-corrected chi connectivity index (χ4v) is 2.54. The lowest BCUT2D eigenvalue weighted by Crippen LogP contribution is -2.26. The van der Waals surface area contributed by atoms with Crippen LogP contribution in [0.5, 0.6) is 0 Å². The molecule has 0 aliphatic heterocycles. The summed E-state index contributed by atoms with van der Waals surface area (Å²) < 4.78 is 1.94. The molecule has 6 nitrogen and oxygen atoms in total. The van der Waals surface area contributed by atoms with E-state index in [4.69, 9.17) is 5.11 Å². The second kappa shape index (κ2) is 6.62. The number of aliphatic carboxylic acids is 1. The molecule has 0 aliphatic carbocycles. The number of carboxylic acid groups (broad SMARTS) is 1. The lowest BCUT2D eigenvalue weighted by Gasteiger charge is -2.05. The number of nitrogens with zero attached hydrogens (tertiary/aromatic N) is 2. The van der Waals surface area contributed by atoms with Crippen LogP contribution in [0.4, 0.5) is 0 Å². The van der Waals surface area contributed by atoms with Gasteiger partial charge in [0.1, 0.15) is 5.82 Å². The fourth-order valence-electron chi connectivity index (χ4n) is 1.98. The van der Waals surface area contributed by atoms with Crippen LogP contribution >= 0.6 is 11.8 Å². The molecule has 1 aromatic heterocycles. The molecule has 0 bridgehead atoms. The normalized spacial score (nSPS) is 10.8. The van der Waals surface area contributed by atoms with Crippen molar-refractivity contribution in [2.75, 3.05) is 11.5 Å². The summed E-state index contributed by atoms with van der Waals surface area (Å²) in [5.41, 5.74) is 3.06. The largest absolute Gasteiger partial charge is 0.481 e. The number of carbonyl (C=O) groups is 2. The molecule has 7 heteroatoms. The number of amides is 1. The number of thioether (sulfide) groups is 1. The molecule has 2 aromatic rings. The van der Waals surface area contributed by atoms with E-state index in [1.54, 1.807) is 0 Å². The van der Waals surface area contributed by atoms with Crippen LogP contribution in [0, 0.1) is 6.92 Å². The molecule has 0 spiro atoms. The number of imidazole rings is 1. The first kappa shape index (κ1) is 15.4. The SMILES string of the molecule is Cc1ccc2c(c1)nc(CNC(=O)CSCC(=O)O)n2C. The van der Waals surface area contributed by atoms with Gasteiger partial charge >= 0.3 is 5.97 Å². The van der Waals surface area contributed by atoms with Crippen LogP contribution in [0.2, 0.25) is 0 Å². The molecule has 1 heterocycles. The van der Waals surface area contributed by atoms with Crippen LogP contribution in [-0.4, -0.2) is 38.0 Å². The van der Waals surface area contributed by atoms with Crippen LogP contribution < -0.4 is 5.32 Å². The van der Waals surface area contributed by atoms with Crippen LogP contribution in [0.1, 0.15) is 11.4 Å². The molecule has 0 unspecified atom stereocenters. The van der Waals surface area contributed by atoms with Crippen molar-refractivity contribution in [2.24, 2.45) is 7.05 Å². The van der Waals surface area contributed by atoms with Crippen molar-refractivity contribution < 1.29 is 14.7 Å². The number of fused-ring (bicyclic) bond motifs is 1. The van der Waals surface area contributed by atoms with Crippen molar-refractivity contribution in [1.82, 2.24) is 14.9 Å². The number of carbonyl (C=O) groups excluding carboxylic acids is 1. The Labute approximate surface area is 126 Å². The van der Waals surface area contributed by atoms with Gasteiger partial charge in [0, 0.05) is 7.05 Å². The molecule has 0 saturated carbocycles. The van der Waals surface area contributed by atoms with E-state index in [9.17, 15) is 9.59 Å². The van der Waals surface area contributed by atoms with E-state index in [2.05, 4.69) is 10.3 Å². The number of nitrogens with one attached hydrogen (secondary N) is 1. The van der Waals surface area contributed by atoms with Gasteiger partial charge in [-0.1, -0.05) is 6.07 Å². The minimum Gasteiger partial charge on any atom is -0.481 e. The maximum atomic E-state index is 11.6. The summed E-state index contributed by atoms with van der Waals surface area (Å²) in [6.45, 7) is 2.34. The Morgan fingerprint density at radius 3 is 2.86 bits per heavy atom. The van der Waals surface area contributed by atoms with E-state index in [1.807, 2.05) is 36.7 Å². The van der Waals surface area contributed by atoms with Crippen molar-refractivity contribution >= 4 is 34.7 Å². The minimum atomic E-state index is -0.918. The van der Waals surface area contributed by atoms with E-state index in [1.165, 1.54) is 0 Å². The third-order valence-corrected chi connectivity index (χ3v) is 3.95. The fraction of sp³-hybridized carbons (Fsp3) is 0.357. The molecule has 0 fully saturated rings. The molecule has 0 saturated heterocycles. The van der Waals surface area contributed by atoms with Gasteiger partial charge in [0.2, 0.25) is 5.91 Å². The summed E-state index contributed by atoms with van der Waals surface area (Å²) in [6.07, 6.45) is 0. The highest BCUT2D eigenvalue weighted by atomic mass is 32.2. The smallest absolute Gasteiger partial charge is 0.313 e. The van der Waals surface area contributed by atoms with Crippen molar-refractivity contribution in [3.63, 3.8) is 0 Å². The minimum absolute atomic E-state index is 0.0704. The number of aryl methyl sites for hydroxylation is 2. The van der Waals surface area contributed by atoms with Gasteiger partial charge in [-0.25, -0.2) is 4.98 Å². The molecule has 0 aliphatic rings. The maximum absolute atomic E-state index is 11.6. The van der Waals surface area contributed by atoms with Gasteiger partial charge in [0.15, 0.2) is 0 Å². The van der Waals surface area contributed by atoms with Gasteiger partial charge in [-0.3, -0.25) is 9.59 Å². The Morgan fingerprint density at radius 2 is 2.14 bits per heavy atom. The molecule has 0 radical (unpaired) electrons. The Hall–Kier alpha value is -2.02. The third-order valence-electron chi connectivity index (χ3n) is 3.03. The van der Waals surface area contributed by atoms with Crippen molar-refractivity contribution in [2.45, 2.75) is 13.5 Å². The molecular weight excluding hydrogens is 290 g/mol. The first-order valence-electron chi connectivity index (χ1n) is 6.45. The summed E-state index contributed by atoms with van der Waals surface area (Å²) >= 11 is 1.08. The summed E-state index contributed by atoms with van der Waals surface area (Å²) in [5.74, 6) is -0.274. The molecule has 1 aromatic carbocycles. The van der Waals surface area contributed by atoms with Gasteiger partial charge in [0.05, 0.1) is 29.1 Å². The van der Waals surface area contributed by atoms with Crippen LogP contribution in [-0.2, 0) is 23.2 Å². The van der Waals surface area contributed by atoms with E-state index < -0.39 is 5.97 Å². The van der Waals surface area contributed by atoms with Gasteiger partial charge < -0.3 is 15.0 Å². The highest BCUT2D eigenvalue weighted by molar-refractivity contribution is 8.00. The standard InChI is InChI=1S/C14H17N3O3S/c1-9-3-4-11-10(5-9)16-12(17(11)2)6-15-13(18)7-21-8-14(19)20/h3-5H,6-8H2,1-2H3,(H,15,18)(H,19,20). The Kier molecular flexibility index (Phi) is 4.85. The summed E-state index contributed by atoms with van der Waals surface area (Å²) in [7, 11) is 1.91. The second-order valence-electron chi connectivity index (χ2n) is 4.74. The van der Waals surface area contributed by atoms with Gasteiger partial charge in [-0.15, -0.1) is 11.8 Å². The lowest BCUT2D eigenvalue weighted by molar-refractivity contribution is -0.133. The predicted octanol–water partition coefficient (Wildman–Crippen LogP) is 1.32. The van der Waals surface area contributed by atoms with E-state index >= 15 is 0 Å². The van der Waals surface area contributed by atoms with E-state index in [0.29, 0.717) is 6.54 Å². The molecule has 21 heavy (non-hydrogen) atoms. The number of rotatable bonds is 6. The number of hydrogen-bond acceptors (Lipinski definition) is 4. The summed E-state index contributed by atoms with van der Waals surface area (Å²) in [6, 6.07) is 6.03. The molecular formula is C14H17N3O3S. The summed E-state index contributed by atoms with van der Waals surface area (Å²) in [5, 5.41) is 11.3. The molecule has 112 valence electrons. The second-order valence-corrected chi connectivity index (χ2v) is 5.73. The van der Waals surface area contributed by atoms with Crippen LogP contribution in [0.25, 0.3) is 11.0 Å². The van der Waals surface area contributed by atoms with E-state index in [-0.39, 0.29) is 17.4 Å². The monoisotopic (exact) mass is 307 g/mol. The number of carboxylic acids is 1. The Bertz CT molecular complexity index is 681. The van der Waals surface area contributed by atoms with Crippen LogP contribution in [0.15, 0.2) is 18.2 Å². The highest BCUT2D eigenvalue weighted by Crippen LogP contribution is 2.16. The van der Waals surface area contributed by atoms with Crippen LogP contribution in [0.3, 0.4) is 0 Å². The van der Waals surface area contributed by atoms with Crippen molar-refractivity contribution in [3.05, 3.63) is 29.6 Å². The first-order chi connectivity index (χ1) is 9.97. The van der Waals surface area contributed by atoms with E-state index in [0.717, 1.165) is 34.2 Å². The number of hydrogen-bond donors (Lipinski definition) is 2.